The van der Waals surface area contributed by atoms with Gasteiger partial charge in [-0.1, -0.05) is 17.6 Å². The Hall–Kier alpha value is -0.980. The first-order valence-corrected chi connectivity index (χ1v) is 1.97. The number of hydrogen-bond donors (Lipinski definition) is 1. The van der Waals surface area contributed by atoms with E-state index in [0.29, 0.717) is 0 Å². The molecule has 1 nitrogen and oxygen atoms in total. The standard InChI is InChI=1S/C7H9N/c1-6-2-4-7(8)5-3-6/h2-5H,8H2,1H3/i1D3,2D,3D,4D,5D/hD2. The highest BCUT2D eigenvalue weighted by Gasteiger charge is 1.80. The lowest BCUT2D eigenvalue weighted by Crippen LogP contribution is -1.81. The molecule has 0 aromatic heterocycles. The van der Waals surface area contributed by atoms with Gasteiger partial charge in [0, 0.05) is 9.80 Å². The van der Waals surface area contributed by atoms with Crippen LogP contribution in [0.3, 0.4) is 0 Å². The van der Waals surface area contributed by atoms with Crippen molar-refractivity contribution in [2.45, 2.75) is 6.85 Å². The third kappa shape index (κ3) is 0.997. The van der Waals surface area contributed by atoms with Crippen LogP contribution in [0.2, 0.25) is 2.82 Å². The van der Waals surface area contributed by atoms with Gasteiger partial charge in [-0.2, -0.15) is 0 Å². The van der Waals surface area contributed by atoms with Crippen LogP contribution in [-0.2, 0) is 0 Å². The molecule has 42 valence electrons. The van der Waals surface area contributed by atoms with Crippen LogP contribution in [0.1, 0.15) is 15.2 Å². The molecule has 0 aliphatic heterocycles. The summed E-state index contributed by atoms with van der Waals surface area (Å²) in [6, 6.07) is -2.90. The van der Waals surface area contributed by atoms with Crippen LogP contribution >= 0.6 is 0 Å². The van der Waals surface area contributed by atoms with E-state index >= 15 is 0 Å². The molecule has 0 aliphatic rings. The largest absolute Gasteiger partial charge is 0.399 e. The normalized spacial score (nSPS) is 26.2. The molecular formula is C7H9N. The first-order chi connectivity index (χ1) is 7.59. The summed E-state index contributed by atoms with van der Waals surface area (Å²) in [7, 11) is 0. The maximum atomic E-state index is 7.48. The second kappa shape index (κ2) is 1.86. The summed E-state index contributed by atoms with van der Waals surface area (Å²) in [4.78, 5) is 0. The van der Waals surface area contributed by atoms with E-state index in [1.165, 1.54) is 0 Å². The van der Waals surface area contributed by atoms with Crippen molar-refractivity contribution in [3.8, 4) is 0 Å². The van der Waals surface area contributed by atoms with E-state index in [9.17, 15) is 0 Å². The fourth-order valence-electron chi connectivity index (χ4n) is 0.306. The van der Waals surface area contributed by atoms with Gasteiger partial charge in [-0.05, 0) is 18.9 Å². The van der Waals surface area contributed by atoms with E-state index in [0.717, 1.165) is 0 Å². The van der Waals surface area contributed by atoms with Crippen molar-refractivity contribution in [3.63, 3.8) is 0 Å². The molecule has 0 amide bonds. The smallest absolute Gasteiger partial charge is 0.156 e. The van der Waals surface area contributed by atoms with Crippen molar-refractivity contribution >= 4 is 5.69 Å². The van der Waals surface area contributed by atoms with Gasteiger partial charge in [0.05, 0.1) is 5.48 Å². The van der Waals surface area contributed by atoms with Crippen molar-refractivity contribution < 1.29 is 12.4 Å². The third-order valence-electron chi connectivity index (χ3n) is 0.612. The van der Waals surface area contributed by atoms with E-state index in [4.69, 9.17) is 12.4 Å². The molecule has 0 fully saturated rings. The van der Waals surface area contributed by atoms with Gasteiger partial charge in [-0.3, -0.25) is 0 Å². The Morgan fingerprint density at radius 1 is 1.62 bits per heavy atom. The molecule has 1 aromatic rings. The average molecular weight is 116 g/mol. The summed E-state index contributed by atoms with van der Waals surface area (Å²) in [6.07, 6.45) is 0. The van der Waals surface area contributed by atoms with Crippen molar-refractivity contribution in [1.29, 1.82) is 0 Å². The second-order valence-corrected chi connectivity index (χ2v) is 1.22. The van der Waals surface area contributed by atoms with Gasteiger partial charge in [0.25, 0.3) is 0 Å². The molecule has 0 saturated carbocycles. The molecule has 2 N–H and O–H groups in total. The van der Waals surface area contributed by atoms with Crippen LogP contribution in [0, 0.1) is 6.85 Å². The molecular weight excluding hydrogens is 98.1 g/mol. The quantitative estimate of drug-likeness (QED) is 0.554. The summed E-state index contributed by atoms with van der Waals surface area (Å²) < 4.78 is 65.3. The fourth-order valence-corrected chi connectivity index (χ4v) is 0.306. The molecule has 0 atom stereocenters. The number of nitrogen functional groups attached to an aromatic ring is 1. The van der Waals surface area contributed by atoms with Gasteiger partial charge in [0.1, 0.15) is 0 Å². The molecule has 0 heterocycles. The zero-order valence-corrected chi connectivity index (χ0v) is 3.95. The maximum Gasteiger partial charge on any atom is 0.156 e. The Labute approximate surface area is 61.9 Å². The fraction of sp³-hybridized carbons (Fsp3) is 0.143. The lowest BCUT2D eigenvalue weighted by atomic mass is 10.2. The van der Waals surface area contributed by atoms with Gasteiger partial charge < -0.3 is 5.72 Å². The molecule has 1 aromatic carbocycles. The predicted molar refractivity (Wildman–Crippen MR) is 35.6 cm³/mol. The van der Waals surface area contributed by atoms with E-state index in [1.54, 1.807) is 0 Å². The van der Waals surface area contributed by atoms with Crippen LogP contribution in [0.4, 0.5) is 5.69 Å². The molecule has 0 unspecified atom stereocenters. The van der Waals surface area contributed by atoms with Crippen LogP contribution < -0.4 is 5.72 Å². The van der Waals surface area contributed by atoms with Gasteiger partial charge in [0.15, 0.2) is 2.82 Å². The highest BCUT2D eigenvalue weighted by Crippen LogP contribution is 2.02. The van der Waals surface area contributed by atoms with Crippen LogP contribution in [0.5, 0.6) is 0 Å². The number of benzene rings is 1. The highest BCUT2D eigenvalue weighted by molar-refractivity contribution is 5.38. The summed E-state index contributed by atoms with van der Waals surface area (Å²) in [5.41, 5.74) is -1.34. The van der Waals surface area contributed by atoms with Crippen LogP contribution in [-0.4, -0.2) is 0 Å². The topological polar surface area (TPSA) is 26.0 Å². The second-order valence-electron chi connectivity index (χ2n) is 1.22. The summed E-state index contributed by atoms with van der Waals surface area (Å²) >= 11 is 0. The first-order valence-electron chi connectivity index (χ1n) is 6.37. The molecule has 0 aliphatic carbocycles. The number of anilines is 1. The Morgan fingerprint density at radius 3 is 2.88 bits per heavy atom. The number of rotatable bonds is 1. The number of hydrogen-bond acceptors (Lipinski definition) is 1. The van der Waals surface area contributed by atoms with Gasteiger partial charge in [-0.25, -0.2) is 0 Å². The van der Waals surface area contributed by atoms with Gasteiger partial charge >= 0.3 is 0 Å². The average Bonchev–Trinajstić information content (AvgIpc) is 2.12. The lowest BCUT2D eigenvalue weighted by molar-refractivity contribution is 1.47. The molecule has 0 radical (unpaired) electrons. The summed E-state index contributed by atoms with van der Waals surface area (Å²) in [5.74, 6) is 0. The van der Waals surface area contributed by atoms with E-state index in [-0.39, 0.29) is 5.72 Å². The Bertz CT molecular complexity index is 421. The first kappa shape index (κ1) is 0.991. The SMILES string of the molecule is [2H]c1c([2H])c(C([2H])([2H])[2H])c([2H])c([2H])c1N([2H])[2H]. The Balaban J connectivity index is 3.71. The van der Waals surface area contributed by atoms with E-state index in [1.807, 2.05) is 0 Å². The minimum Gasteiger partial charge on any atom is -0.399 e. The number of nitrogens with two attached hydrogens (primary N) is 1. The van der Waals surface area contributed by atoms with E-state index in [2.05, 4.69) is 0 Å². The lowest BCUT2D eigenvalue weighted by Gasteiger charge is -1.90. The monoisotopic (exact) mass is 116 g/mol. The van der Waals surface area contributed by atoms with Crippen molar-refractivity contribution in [2.75, 3.05) is 5.72 Å². The summed E-state index contributed by atoms with van der Waals surface area (Å²) in [6.45, 7) is -2.77. The van der Waals surface area contributed by atoms with Crippen molar-refractivity contribution in [1.82, 2.24) is 0 Å². The Morgan fingerprint density at radius 2 is 2.38 bits per heavy atom. The van der Waals surface area contributed by atoms with E-state index < -0.39 is 42.3 Å². The van der Waals surface area contributed by atoms with Gasteiger partial charge in [-0.15, -0.1) is 0 Å². The summed E-state index contributed by atoms with van der Waals surface area (Å²) in [5, 5.41) is 0. The molecule has 8 heavy (non-hydrogen) atoms. The molecule has 1 rings (SSSR count). The zero-order valence-electron chi connectivity index (χ0n) is 12.9. The zero-order chi connectivity index (χ0) is 13.5. The van der Waals surface area contributed by atoms with Crippen LogP contribution in [0.15, 0.2) is 24.2 Å². The molecule has 0 spiro atoms. The van der Waals surface area contributed by atoms with Gasteiger partial charge in [0.2, 0.25) is 0 Å². The minimum absolute atomic E-state index is 0.0654. The Kier molecular flexibility index (Phi) is 0.231. The predicted octanol–water partition coefficient (Wildman–Crippen LogP) is 1.58. The molecule has 0 saturated heterocycles. The highest BCUT2D eigenvalue weighted by atomic mass is 14.5. The molecule has 1 heteroatoms. The van der Waals surface area contributed by atoms with Crippen LogP contribution in [0.25, 0.3) is 0 Å². The van der Waals surface area contributed by atoms with Crippen molar-refractivity contribution in [2.24, 2.45) is 0 Å². The molecule has 0 bridgehead atoms. The third-order valence-corrected chi connectivity index (χ3v) is 0.612. The minimum atomic E-state index is -2.77. The maximum absolute atomic E-state index is 7.48. The van der Waals surface area contributed by atoms with Crippen molar-refractivity contribution in [3.05, 3.63) is 29.7 Å².